The predicted molar refractivity (Wildman–Crippen MR) is 113 cm³/mol. The van der Waals surface area contributed by atoms with Crippen LogP contribution in [0.5, 0.6) is 0 Å². The van der Waals surface area contributed by atoms with Crippen LogP contribution in [-0.2, 0) is 11.3 Å². The van der Waals surface area contributed by atoms with Gasteiger partial charge in [0.25, 0.3) is 0 Å². The topological polar surface area (TPSA) is 52.8 Å². The number of methoxy groups -OCH3 is 1. The average Bonchev–Trinajstić information content (AvgIpc) is 3.28. The minimum atomic E-state index is 0.552. The number of aryl methyl sites for hydroxylation is 2. The highest BCUT2D eigenvalue weighted by Gasteiger charge is 2.56. The SMILES string of the molecule is COC[C@H]1CC[C@@H]2C3CC[C@@]4(C)C(CC[C@@H]4CCn4nnc(C)n4)[C@@H]3CC[C@@H]2C1. The summed E-state index contributed by atoms with van der Waals surface area (Å²) in [6, 6.07) is 0. The van der Waals surface area contributed by atoms with Crippen molar-refractivity contribution in [3.63, 3.8) is 0 Å². The molecule has 0 radical (unpaired) electrons. The summed E-state index contributed by atoms with van der Waals surface area (Å²) < 4.78 is 5.49. The summed E-state index contributed by atoms with van der Waals surface area (Å²) in [7, 11) is 1.88. The van der Waals surface area contributed by atoms with Crippen molar-refractivity contribution in [2.24, 2.45) is 46.8 Å². The average molecular weight is 401 g/mol. The molecular weight excluding hydrogens is 360 g/mol. The van der Waals surface area contributed by atoms with Gasteiger partial charge < -0.3 is 4.74 Å². The molecule has 4 saturated carbocycles. The predicted octanol–water partition coefficient (Wildman–Crippen LogP) is 4.90. The van der Waals surface area contributed by atoms with Crippen molar-refractivity contribution in [1.82, 2.24) is 20.2 Å². The first-order valence-electron chi connectivity index (χ1n) is 12.3. The van der Waals surface area contributed by atoms with E-state index in [4.69, 9.17) is 4.74 Å². The normalized spacial score (nSPS) is 44.2. The van der Waals surface area contributed by atoms with Crippen LogP contribution in [0, 0.1) is 53.8 Å². The van der Waals surface area contributed by atoms with Gasteiger partial charge in [0, 0.05) is 13.7 Å². The summed E-state index contributed by atoms with van der Waals surface area (Å²) in [6.07, 6.45) is 14.4. The van der Waals surface area contributed by atoms with E-state index >= 15 is 0 Å². The number of fused-ring (bicyclic) bond motifs is 5. The highest BCUT2D eigenvalue weighted by molar-refractivity contribution is 5.05. The Labute approximate surface area is 176 Å². The molecule has 0 aromatic carbocycles. The number of aromatic nitrogens is 4. The lowest BCUT2D eigenvalue weighted by atomic mass is 9.49. The first kappa shape index (κ1) is 20.0. The van der Waals surface area contributed by atoms with Gasteiger partial charge in [-0.05, 0) is 123 Å². The zero-order valence-corrected chi connectivity index (χ0v) is 18.7. The lowest BCUT2D eigenvalue weighted by Gasteiger charge is -2.56. The molecule has 4 fully saturated rings. The molecule has 0 saturated heterocycles. The van der Waals surface area contributed by atoms with Gasteiger partial charge in [-0.1, -0.05) is 6.92 Å². The molecule has 29 heavy (non-hydrogen) atoms. The van der Waals surface area contributed by atoms with Crippen LogP contribution >= 0.6 is 0 Å². The van der Waals surface area contributed by atoms with Crippen molar-refractivity contribution in [2.75, 3.05) is 13.7 Å². The lowest BCUT2D eigenvalue weighted by molar-refractivity contribution is -0.0728. The molecule has 8 atom stereocenters. The largest absolute Gasteiger partial charge is 0.384 e. The number of nitrogens with zero attached hydrogens (tertiary/aromatic N) is 4. The fourth-order valence-electron chi connectivity index (χ4n) is 8.61. The first-order valence-corrected chi connectivity index (χ1v) is 12.3. The third-order valence-electron chi connectivity index (χ3n) is 9.89. The van der Waals surface area contributed by atoms with Crippen molar-refractivity contribution in [2.45, 2.75) is 84.6 Å². The maximum absolute atomic E-state index is 5.49. The van der Waals surface area contributed by atoms with Gasteiger partial charge in [-0.3, -0.25) is 0 Å². The molecule has 162 valence electrons. The highest BCUT2D eigenvalue weighted by Crippen LogP contribution is 2.64. The van der Waals surface area contributed by atoms with Crippen LogP contribution in [0.15, 0.2) is 0 Å². The van der Waals surface area contributed by atoms with Gasteiger partial charge >= 0.3 is 0 Å². The Morgan fingerprint density at radius 2 is 1.90 bits per heavy atom. The molecule has 0 aliphatic heterocycles. The molecule has 5 rings (SSSR count). The van der Waals surface area contributed by atoms with E-state index in [9.17, 15) is 0 Å². The molecule has 1 aromatic heterocycles. The van der Waals surface area contributed by atoms with E-state index in [2.05, 4.69) is 22.3 Å². The monoisotopic (exact) mass is 400 g/mol. The second-order valence-electron chi connectivity index (χ2n) is 11.1. The third kappa shape index (κ3) is 3.55. The van der Waals surface area contributed by atoms with Crippen LogP contribution < -0.4 is 0 Å². The van der Waals surface area contributed by atoms with Crippen molar-refractivity contribution in [3.05, 3.63) is 5.82 Å². The third-order valence-corrected chi connectivity index (χ3v) is 9.89. The van der Waals surface area contributed by atoms with E-state index in [1.54, 1.807) is 0 Å². The standard InChI is InChI=1S/C24H40N4O/c1-16-25-27-28(26-16)13-11-19-6-9-23-22-8-5-18-14-17(15-29-3)4-7-20(18)21(22)10-12-24(19,23)2/h17-23H,4-15H2,1-3H3/t17-,18+,19+,20-,21?,22+,23?,24+/m0/s1. The van der Waals surface area contributed by atoms with Crippen molar-refractivity contribution in [1.29, 1.82) is 0 Å². The number of ether oxygens (including phenoxy) is 1. The molecule has 2 unspecified atom stereocenters. The smallest absolute Gasteiger partial charge is 0.171 e. The second-order valence-corrected chi connectivity index (χ2v) is 11.1. The van der Waals surface area contributed by atoms with Crippen molar-refractivity contribution in [3.8, 4) is 0 Å². The molecule has 0 bridgehead atoms. The molecule has 4 aliphatic rings. The van der Waals surface area contributed by atoms with Crippen LogP contribution in [-0.4, -0.2) is 33.9 Å². The van der Waals surface area contributed by atoms with Crippen LogP contribution in [0.2, 0.25) is 0 Å². The number of rotatable bonds is 5. The number of tetrazole rings is 1. The molecule has 4 aliphatic carbocycles. The van der Waals surface area contributed by atoms with E-state index in [1.807, 2.05) is 18.8 Å². The highest BCUT2D eigenvalue weighted by atomic mass is 16.5. The second kappa shape index (κ2) is 7.94. The van der Waals surface area contributed by atoms with Crippen molar-refractivity contribution < 1.29 is 4.74 Å². The fraction of sp³-hybridized carbons (Fsp3) is 0.958. The minimum Gasteiger partial charge on any atom is -0.384 e. The summed E-state index contributed by atoms with van der Waals surface area (Å²) in [6.45, 7) is 6.50. The molecule has 5 heteroatoms. The van der Waals surface area contributed by atoms with E-state index in [0.717, 1.165) is 60.4 Å². The molecule has 1 aromatic rings. The molecular formula is C24H40N4O. The Kier molecular flexibility index (Phi) is 5.46. The van der Waals surface area contributed by atoms with Crippen LogP contribution in [0.25, 0.3) is 0 Å². The number of hydrogen-bond acceptors (Lipinski definition) is 4. The Morgan fingerprint density at radius 1 is 1.03 bits per heavy atom. The summed E-state index contributed by atoms with van der Waals surface area (Å²) >= 11 is 0. The Bertz CT molecular complexity index is 705. The zero-order chi connectivity index (χ0) is 20.0. The first-order chi connectivity index (χ1) is 14.1. The molecule has 0 amide bonds. The van der Waals surface area contributed by atoms with E-state index in [1.165, 1.54) is 64.2 Å². The van der Waals surface area contributed by atoms with E-state index in [-0.39, 0.29) is 0 Å². The van der Waals surface area contributed by atoms with Gasteiger partial charge in [0.05, 0.1) is 6.54 Å². The van der Waals surface area contributed by atoms with Crippen LogP contribution in [0.1, 0.15) is 77.0 Å². The summed E-state index contributed by atoms with van der Waals surface area (Å²) in [5.74, 6) is 7.47. The summed E-state index contributed by atoms with van der Waals surface area (Å²) in [5, 5.41) is 12.7. The van der Waals surface area contributed by atoms with Gasteiger partial charge in [0.1, 0.15) is 0 Å². The van der Waals surface area contributed by atoms with Gasteiger partial charge in [-0.25, -0.2) is 0 Å². The van der Waals surface area contributed by atoms with Gasteiger partial charge in [-0.15, -0.1) is 10.2 Å². The Balaban J connectivity index is 1.24. The van der Waals surface area contributed by atoms with Gasteiger partial charge in [0.2, 0.25) is 0 Å². The van der Waals surface area contributed by atoms with Crippen LogP contribution in [0.3, 0.4) is 0 Å². The zero-order valence-electron chi connectivity index (χ0n) is 18.7. The molecule has 0 N–H and O–H groups in total. The van der Waals surface area contributed by atoms with Gasteiger partial charge in [-0.2, -0.15) is 4.80 Å². The van der Waals surface area contributed by atoms with E-state index in [0.29, 0.717) is 5.41 Å². The Hall–Kier alpha value is -0.970. The van der Waals surface area contributed by atoms with Crippen molar-refractivity contribution >= 4 is 0 Å². The number of hydrogen-bond donors (Lipinski definition) is 0. The molecule has 0 spiro atoms. The van der Waals surface area contributed by atoms with Gasteiger partial charge in [0.15, 0.2) is 5.82 Å². The summed E-state index contributed by atoms with van der Waals surface area (Å²) in [5.41, 5.74) is 0.552. The maximum Gasteiger partial charge on any atom is 0.171 e. The quantitative estimate of drug-likeness (QED) is 0.705. The van der Waals surface area contributed by atoms with E-state index < -0.39 is 0 Å². The Morgan fingerprint density at radius 3 is 2.69 bits per heavy atom. The fourth-order valence-corrected chi connectivity index (χ4v) is 8.61. The molecule has 1 heterocycles. The maximum atomic E-state index is 5.49. The lowest BCUT2D eigenvalue weighted by Crippen LogP contribution is -2.48. The van der Waals surface area contributed by atoms with Crippen LogP contribution in [0.4, 0.5) is 0 Å². The summed E-state index contributed by atoms with van der Waals surface area (Å²) in [4.78, 5) is 1.82. The minimum absolute atomic E-state index is 0.552. The molecule has 5 nitrogen and oxygen atoms in total.